The number of nitrogens with one attached hydrogen (secondary N) is 1. The highest BCUT2D eigenvalue weighted by molar-refractivity contribution is 5.55. The van der Waals surface area contributed by atoms with Crippen LogP contribution in [0.3, 0.4) is 0 Å². The fraction of sp³-hybridized carbons (Fsp3) is 0.417. The number of aliphatic hydroxyl groups is 1. The van der Waals surface area contributed by atoms with Gasteiger partial charge in [0, 0.05) is 23.4 Å². The number of benzene rings is 1. The Kier molecular flexibility index (Phi) is 5.52. The van der Waals surface area contributed by atoms with Gasteiger partial charge in [0.05, 0.1) is 11.3 Å². The summed E-state index contributed by atoms with van der Waals surface area (Å²) in [6.45, 7) is 7.99. The molecule has 1 aliphatic heterocycles. The molecule has 0 bridgehead atoms. The van der Waals surface area contributed by atoms with Gasteiger partial charge in [-0.25, -0.2) is 9.50 Å². The molecule has 2 aromatic heterocycles. The molecule has 3 heterocycles. The lowest BCUT2D eigenvalue weighted by molar-refractivity contribution is 0.0590. The van der Waals surface area contributed by atoms with Crippen molar-refractivity contribution in [3.05, 3.63) is 70.2 Å². The first-order valence-corrected chi connectivity index (χ1v) is 10.5. The fourth-order valence-corrected chi connectivity index (χ4v) is 4.10. The topological polar surface area (TPSA) is 62.5 Å². The SMILES string of the molecule is CCc1nn2c(C)cc(C)nc2c1Cc1ccc(C=CC2(O)CCNCC2)cc1. The van der Waals surface area contributed by atoms with Crippen LogP contribution < -0.4 is 5.32 Å². The van der Waals surface area contributed by atoms with E-state index < -0.39 is 5.60 Å². The van der Waals surface area contributed by atoms with Gasteiger partial charge in [-0.15, -0.1) is 0 Å². The molecule has 0 aliphatic carbocycles. The summed E-state index contributed by atoms with van der Waals surface area (Å²) in [5.74, 6) is 0. The van der Waals surface area contributed by atoms with Gasteiger partial charge in [0.25, 0.3) is 0 Å². The molecule has 5 nitrogen and oxygen atoms in total. The fourth-order valence-electron chi connectivity index (χ4n) is 4.10. The van der Waals surface area contributed by atoms with Crippen molar-refractivity contribution in [1.82, 2.24) is 19.9 Å². The van der Waals surface area contributed by atoms with E-state index in [1.54, 1.807) is 0 Å². The Morgan fingerprint density at radius 1 is 1.17 bits per heavy atom. The van der Waals surface area contributed by atoms with Crippen LogP contribution in [0.25, 0.3) is 11.7 Å². The second-order valence-corrected chi connectivity index (χ2v) is 8.16. The molecular formula is C24H30N4O. The first-order valence-electron chi connectivity index (χ1n) is 10.5. The molecule has 0 saturated carbocycles. The minimum absolute atomic E-state index is 0.682. The first kappa shape index (κ1) is 19.8. The van der Waals surface area contributed by atoms with E-state index in [-0.39, 0.29) is 0 Å². The van der Waals surface area contributed by atoms with Crippen LogP contribution in [0.5, 0.6) is 0 Å². The normalized spacial score (nSPS) is 16.7. The van der Waals surface area contributed by atoms with Gasteiger partial charge in [0.2, 0.25) is 0 Å². The molecule has 4 rings (SSSR count). The maximum Gasteiger partial charge on any atom is 0.159 e. The molecule has 1 saturated heterocycles. The Hall–Kier alpha value is -2.50. The summed E-state index contributed by atoms with van der Waals surface area (Å²) < 4.78 is 1.97. The summed E-state index contributed by atoms with van der Waals surface area (Å²) in [4.78, 5) is 4.76. The number of fused-ring (bicyclic) bond motifs is 1. The van der Waals surface area contributed by atoms with E-state index in [1.165, 1.54) is 11.1 Å². The van der Waals surface area contributed by atoms with Crippen LogP contribution in [-0.2, 0) is 12.8 Å². The number of hydrogen-bond acceptors (Lipinski definition) is 4. The summed E-state index contributed by atoms with van der Waals surface area (Å²) in [5.41, 5.74) is 7.11. The standard InChI is InChI=1S/C24H30N4O/c1-4-22-21(23-26-17(2)15-18(3)28(23)27-22)16-20-7-5-19(6-8-20)9-10-24(29)11-13-25-14-12-24/h5-10,15,25,29H,4,11-14,16H2,1-3H3. The summed E-state index contributed by atoms with van der Waals surface area (Å²) in [7, 11) is 0. The van der Waals surface area contributed by atoms with Gasteiger partial charge in [0.1, 0.15) is 0 Å². The van der Waals surface area contributed by atoms with Crippen LogP contribution in [0.2, 0.25) is 0 Å². The highest BCUT2D eigenvalue weighted by Crippen LogP contribution is 2.23. The summed E-state index contributed by atoms with van der Waals surface area (Å²) in [6, 6.07) is 10.6. The lowest BCUT2D eigenvalue weighted by atomic mass is 9.91. The van der Waals surface area contributed by atoms with E-state index in [4.69, 9.17) is 10.1 Å². The summed E-state index contributed by atoms with van der Waals surface area (Å²) >= 11 is 0. The molecule has 1 fully saturated rings. The Labute approximate surface area is 172 Å². The zero-order valence-electron chi connectivity index (χ0n) is 17.6. The maximum atomic E-state index is 10.6. The van der Waals surface area contributed by atoms with Gasteiger partial charge in [-0.3, -0.25) is 0 Å². The van der Waals surface area contributed by atoms with Crippen LogP contribution in [-0.4, -0.2) is 38.4 Å². The second kappa shape index (κ2) is 8.09. The third-order valence-electron chi connectivity index (χ3n) is 5.82. The molecule has 2 N–H and O–H groups in total. The van der Waals surface area contributed by atoms with E-state index in [1.807, 2.05) is 23.6 Å². The van der Waals surface area contributed by atoms with E-state index in [2.05, 4.69) is 49.5 Å². The molecule has 5 heteroatoms. The highest BCUT2D eigenvalue weighted by Gasteiger charge is 2.25. The molecule has 0 atom stereocenters. The summed E-state index contributed by atoms with van der Waals surface area (Å²) in [5, 5.41) is 18.7. The predicted molar refractivity (Wildman–Crippen MR) is 117 cm³/mol. The lowest BCUT2D eigenvalue weighted by Gasteiger charge is -2.29. The highest BCUT2D eigenvalue weighted by atomic mass is 16.3. The van der Waals surface area contributed by atoms with Gasteiger partial charge in [-0.2, -0.15) is 5.10 Å². The number of piperidine rings is 1. The van der Waals surface area contributed by atoms with Crippen molar-refractivity contribution in [1.29, 1.82) is 0 Å². The third kappa shape index (κ3) is 4.26. The Morgan fingerprint density at radius 3 is 2.59 bits per heavy atom. The molecule has 1 aromatic carbocycles. The van der Waals surface area contributed by atoms with E-state index in [9.17, 15) is 5.11 Å². The molecule has 29 heavy (non-hydrogen) atoms. The quantitative estimate of drug-likeness (QED) is 0.698. The average Bonchev–Trinajstić information content (AvgIpc) is 3.06. The van der Waals surface area contributed by atoms with Gasteiger partial charge in [0.15, 0.2) is 5.65 Å². The van der Waals surface area contributed by atoms with Gasteiger partial charge in [-0.05, 0) is 63.4 Å². The monoisotopic (exact) mass is 390 g/mol. The van der Waals surface area contributed by atoms with Crippen LogP contribution in [0.1, 0.15) is 53.5 Å². The van der Waals surface area contributed by atoms with Crippen molar-refractivity contribution >= 4 is 11.7 Å². The van der Waals surface area contributed by atoms with Gasteiger partial charge in [-0.1, -0.05) is 43.3 Å². The van der Waals surface area contributed by atoms with Crippen LogP contribution in [0, 0.1) is 13.8 Å². The molecule has 152 valence electrons. The number of hydrogen-bond donors (Lipinski definition) is 2. The van der Waals surface area contributed by atoms with E-state index in [0.717, 1.165) is 67.1 Å². The van der Waals surface area contributed by atoms with Crippen molar-refractivity contribution in [2.75, 3.05) is 13.1 Å². The van der Waals surface area contributed by atoms with Crippen LogP contribution in [0.4, 0.5) is 0 Å². The van der Waals surface area contributed by atoms with E-state index >= 15 is 0 Å². The van der Waals surface area contributed by atoms with Gasteiger partial charge < -0.3 is 10.4 Å². The Morgan fingerprint density at radius 2 is 1.90 bits per heavy atom. The van der Waals surface area contributed by atoms with Crippen LogP contribution >= 0.6 is 0 Å². The number of aryl methyl sites for hydroxylation is 3. The molecule has 1 aliphatic rings. The third-order valence-corrected chi connectivity index (χ3v) is 5.82. The van der Waals surface area contributed by atoms with Crippen molar-refractivity contribution in [2.24, 2.45) is 0 Å². The Balaban J connectivity index is 1.56. The Bertz CT molecular complexity index is 1030. The van der Waals surface area contributed by atoms with Gasteiger partial charge >= 0.3 is 0 Å². The number of nitrogens with zero attached hydrogens (tertiary/aromatic N) is 3. The maximum absolute atomic E-state index is 10.6. The first-order chi connectivity index (χ1) is 14.0. The second-order valence-electron chi connectivity index (χ2n) is 8.16. The molecule has 0 radical (unpaired) electrons. The van der Waals surface area contributed by atoms with Crippen molar-refractivity contribution < 1.29 is 5.11 Å². The van der Waals surface area contributed by atoms with Crippen molar-refractivity contribution in [3.63, 3.8) is 0 Å². The largest absolute Gasteiger partial charge is 0.386 e. The smallest absolute Gasteiger partial charge is 0.159 e. The minimum Gasteiger partial charge on any atom is -0.386 e. The zero-order valence-corrected chi connectivity index (χ0v) is 17.6. The van der Waals surface area contributed by atoms with Crippen molar-refractivity contribution in [3.8, 4) is 0 Å². The minimum atomic E-state index is -0.682. The average molecular weight is 391 g/mol. The number of aromatic nitrogens is 3. The molecule has 0 amide bonds. The van der Waals surface area contributed by atoms with Crippen LogP contribution in [0.15, 0.2) is 36.4 Å². The number of rotatable bonds is 5. The molecule has 0 unspecified atom stereocenters. The zero-order chi connectivity index (χ0) is 20.4. The van der Waals surface area contributed by atoms with E-state index in [0.29, 0.717) is 0 Å². The molecular weight excluding hydrogens is 360 g/mol. The summed E-state index contributed by atoms with van der Waals surface area (Å²) in [6.07, 6.45) is 7.24. The predicted octanol–water partition coefficient (Wildman–Crippen LogP) is 3.63. The molecule has 3 aromatic rings. The lowest BCUT2D eigenvalue weighted by Crippen LogP contribution is -2.40. The van der Waals surface area contributed by atoms with Crippen molar-refractivity contribution in [2.45, 2.75) is 52.1 Å². The molecule has 0 spiro atoms.